The number of urea groups is 1. The third kappa shape index (κ3) is 5.81. The van der Waals surface area contributed by atoms with Crippen molar-refractivity contribution >= 4 is 6.03 Å². The van der Waals surface area contributed by atoms with E-state index in [9.17, 15) is 4.79 Å². The van der Waals surface area contributed by atoms with Gasteiger partial charge < -0.3 is 19.7 Å². The van der Waals surface area contributed by atoms with Crippen LogP contribution in [0.5, 0.6) is 5.75 Å². The summed E-state index contributed by atoms with van der Waals surface area (Å²) < 4.78 is 10.9. The van der Waals surface area contributed by atoms with Crippen molar-refractivity contribution in [2.45, 2.75) is 31.8 Å². The number of carbonyl (C=O) groups excluding carboxylic acids is 1. The molecule has 6 nitrogen and oxygen atoms in total. The van der Waals surface area contributed by atoms with E-state index in [1.807, 2.05) is 35.2 Å². The Morgan fingerprint density at radius 2 is 1.78 bits per heavy atom. The van der Waals surface area contributed by atoms with Crippen LogP contribution < -0.4 is 10.1 Å². The van der Waals surface area contributed by atoms with Crippen LogP contribution in [0.4, 0.5) is 4.79 Å². The van der Waals surface area contributed by atoms with Crippen LogP contribution in [0.15, 0.2) is 54.6 Å². The van der Waals surface area contributed by atoms with E-state index >= 15 is 0 Å². The van der Waals surface area contributed by atoms with Gasteiger partial charge in [0.05, 0.1) is 32.4 Å². The molecule has 2 amide bonds. The molecule has 0 radical (unpaired) electrons. The summed E-state index contributed by atoms with van der Waals surface area (Å²) in [6.07, 6.45) is 2.43. The predicted molar refractivity (Wildman–Crippen MR) is 126 cm³/mol. The molecule has 1 heterocycles. The van der Waals surface area contributed by atoms with Crippen molar-refractivity contribution in [3.63, 3.8) is 0 Å². The van der Waals surface area contributed by atoms with Gasteiger partial charge in [-0.1, -0.05) is 42.5 Å². The van der Waals surface area contributed by atoms with Gasteiger partial charge in [-0.3, -0.25) is 4.90 Å². The van der Waals surface area contributed by atoms with E-state index in [0.717, 1.165) is 38.6 Å². The number of rotatable bonds is 9. The van der Waals surface area contributed by atoms with Crippen LogP contribution in [0.3, 0.4) is 0 Å². The van der Waals surface area contributed by atoms with Gasteiger partial charge in [0.25, 0.3) is 0 Å². The van der Waals surface area contributed by atoms with Gasteiger partial charge in [0.2, 0.25) is 0 Å². The number of morpholine rings is 1. The van der Waals surface area contributed by atoms with E-state index in [1.165, 1.54) is 24.0 Å². The Hall–Kier alpha value is -2.57. The van der Waals surface area contributed by atoms with Crippen LogP contribution in [0, 0.1) is 5.92 Å². The Balaban J connectivity index is 1.47. The van der Waals surface area contributed by atoms with E-state index in [1.54, 1.807) is 7.11 Å². The first kappa shape index (κ1) is 22.6. The summed E-state index contributed by atoms with van der Waals surface area (Å²) in [5.41, 5.74) is 2.35. The average molecular weight is 438 g/mol. The molecule has 0 aromatic heterocycles. The molecule has 32 heavy (non-hydrogen) atoms. The molecule has 2 aromatic carbocycles. The minimum absolute atomic E-state index is 0.0139. The molecule has 4 rings (SSSR count). The summed E-state index contributed by atoms with van der Waals surface area (Å²) in [4.78, 5) is 17.8. The van der Waals surface area contributed by atoms with Gasteiger partial charge in [0, 0.05) is 26.2 Å². The SMILES string of the molecule is COc1ccc(C(CNC(=O)N(CC2CC2)C(C)c2ccccc2)N2CCOCC2)cc1. The molecule has 2 aromatic rings. The monoisotopic (exact) mass is 437 g/mol. The molecule has 172 valence electrons. The Bertz CT molecular complexity index is 848. The standard InChI is InChI=1S/C26H35N3O3/c1-20(22-6-4-3-5-7-22)29(19-21-8-9-21)26(30)27-18-25(28-14-16-32-17-15-28)23-10-12-24(31-2)13-11-23/h3-7,10-13,20-21,25H,8-9,14-19H2,1-2H3,(H,27,30). The van der Waals surface area contributed by atoms with Crippen LogP contribution in [-0.4, -0.2) is 62.3 Å². The molecule has 0 spiro atoms. The lowest BCUT2D eigenvalue weighted by molar-refractivity contribution is 0.0163. The number of carbonyl (C=O) groups is 1. The van der Waals surface area contributed by atoms with Crippen LogP contribution in [0.1, 0.15) is 43.0 Å². The molecule has 1 aliphatic carbocycles. The largest absolute Gasteiger partial charge is 0.497 e. The van der Waals surface area contributed by atoms with Gasteiger partial charge >= 0.3 is 6.03 Å². The number of amides is 2. The minimum Gasteiger partial charge on any atom is -0.497 e. The van der Waals surface area contributed by atoms with Crippen molar-refractivity contribution in [2.75, 3.05) is 46.5 Å². The van der Waals surface area contributed by atoms with E-state index < -0.39 is 0 Å². The van der Waals surface area contributed by atoms with Crippen LogP contribution in [0.2, 0.25) is 0 Å². The number of ether oxygens (including phenoxy) is 2. The molecular weight excluding hydrogens is 402 g/mol. The lowest BCUT2D eigenvalue weighted by atomic mass is 10.0. The molecule has 1 saturated carbocycles. The summed E-state index contributed by atoms with van der Waals surface area (Å²) in [5.74, 6) is 1.47. The maximum Gasteiger partial charge on any atom is 0.317 e. The Morgan fingerprint density at radius 1 is 1.09 bits per heavy atom. The number of nitrogens with zero attached hydrogens (tertiary/aromatic N) is 2. The second-order valence-electron chi connectivity index (χ2n) is 8.81. The van der Waals surface area contributed by atoms with Crippen molar-refractivity contribution in [1.82, 2.24) is 15.1 Å². The fraction of sp³-hybridized carbons (Fsp3) is 0.500. The van der Waals surface area contributed by atoms with Gasteiger partial charge in [-0.05, 0) is 48.9 Å². The van der Waals surface area contributed by atoms with Crippen LogP contribution in [-0.2, 0) is 4.74 Å². The zero-order valence-electron chi connectivity index (χ0n) is 19.2. The lowest BCUT2D eigenvalue weighted by Crippen LogP contribution is -2.47. The second kappa shape index (κ2) is 10.8. The third-order valence-electron chi connectivity index (χ3n) is 6.60. The highest BCUT2D eigenvalue weighted by Gasteiger charge is 2.31. The topological polar surface area (TPSA) is 54.0 Å². The normalized spacial score (nSPS) is 18.6. The van der Waals surface area contributed by atoms with Crippen LogP contribution in [0.25, 0.3) is 0 Å². The molecule has 1 N–H and O–H groups in total. The average Bonchev–Trinajstić information content (AvgIpc) is 3.68. The number of hydrogen-bond acceptors (Lipinski definition) is 4. The van der Waals surface area contributed by atoms with Gasteiger partial charge in [-0.2, -0.15) is 0 Å². The zero-order valence-corrected chi connectivity index (χ0v) is 19.2. The van der Waals surface area contributed by atoms with E-state index in [4.69, 9.17) is 9.47 Å². The molecule has 2 unspecified atom stereocenters. The summed E-state index contributed by atoms with van der Waals surface area (Å²) in [5, 5.41) is 3.26. The van der Waals surface area contributed by atoms with Gasteiger partial charge in [-0.15, -0.1) is 0 Å². The number of hydrogen-bond donors (Lipinski definition) is 1. The quantitative estimate of drug-likeness (QED) is 0.637. The maximum atomic E-state index is 13.4. The van der Waals surface area contributed by atoms with E-state index in [2.05, 4.69) is 41.4 Å². The Morgan fingerprint density at radius 3 is 2.41 bits per heavy atom. The number of nitrogens with one attached hydrogen (secondary N) is 1. The molecule has 1 saturated heterocycles. The van der Waals surface area contributed by atoms with E-state index in [-0.39, 0.29) is 18.1 Å². The molecule has 2 atom stereocenters. The summed E-state index contributed by atoms with van der Waals surface area (Å²) in [6.45, 7) is 6.66. The fourth-order valence-corrected chi connectivity index (χ4v) is 4.37. The van der Waals surface area contributed by atoms with Crippen LogP contribution >= 0.6 is 0 Å². The summed E-state index contributed by atoms with van der Waals surface area (Å²) in [7, 11) is 1.68. The predicted octanol–water partition coefficient (Wildman–Crippen LogP) is 4.25. The Kier molecular flexibility index (Phi) is 7.66. The highest BCUT2D eigenvalue weighted by Crippen LogP contribution is 2.33. The molecule has 0 bridgehead atoms. The third-order valence-corrected chi connectivity index (χ3v) is 6.60. The zero-order chi connectivity index (χ0) is 22.3. The van der Waals surface area contributed by atoms with Crippen molar-refractivity contribution in [3.8, 4) is 5.75 Å². The molecule has 2 fully saturated rings. The molecule has 1 aliphatic heterocycles. The fourth-order valence-electron chi connectivity index (χ4n) is 4.37. The van der Waals surface area contributed by atoms with Gasteiger partial charge in [0.15, 0.2) is 0 Å². The summed E-state index contributed by atoms with van der Waals surface area (Å²) in [6, 6.07) is 18.6. The number of benzene rings is 2. The van der Waals surface area contributed by atoms with Crippen molar-refractivity contribution < 1.29 is 14.3 Å². The second-order valence-corrected chi connectivity index (χ2v) is 8.81. The molecule has 2 aliphatic rings. The smallest absolute Gasteiger partial charge is 0.317 e. The minimum atomic E-state index is 0.0139. The van der Waals surface area contributed by atoms with E-state index in [0.29, 0.717) is 12.5 Å². The maximum absolute atomic E-state index is 13.4. The van der Waals surface area contributed by atoms with Gasteiger partial charge in [-0.25, -0.2) is 4.79 Å². The highest BCUT2D eigenvalue weighted by molar-refractivity contribution is 5.75. The van der Waals surface area contributed by atoms with Crippen molar-refractivity contribution in [3.05, 3.63) is 65.7 Å². The molecular formula is C26H35N3O3. The van der Waals surface area contributed by atoms with Crippen molar-refractivity contribution in [1.29, 1.82) is 0 Å². The first-order valence-electron chi connectivity index (χ1n) is 11.7. The van der Waals surface area contributed by atoms with Gasteiger partial charge in [0.1, 0.15) is 5.75 Å². The lowest BCUT2D eigenvalue weighted by Gasteiger charge is -2.36. The summed E-state index contributed by atoms with van der Waals surface area (Å²) >= 11 is 0. The first-order valence-corrected chi connectivity index (χ1v) is 11.7. The van der Waals surface area contributed by atoms with Crippen molar-refractivity contribution in [2.24, 2.45) is 5.92 Å². The highest BCUT2D eigenvalue weighted by atomic mass is 16.5. The number of methoxy groups -OCH3 is 1. The molecule has 6 heteroatoms. The first-order chi connectivity index (χ1) is 15.7. The Labute approximate surface area is 191 Å².